The Morgan fingerprint density at radius 3 is 2.81 bits per heavy atom. The summed E-state index contributed by atoms with van der Waals surface area (Å²) in [5.41, 5.74) is 0.434. The lowest BCUT2D eigenvalue weighted by Crippen LogP contribution is -2.56. The van der Waals surface area contributed by atoms with Gasteiger partial charge in [0.2, 0.25) is 11.8 Å². The number of amides is 2. The Kier molecular flexibility index (Phi) is 9.01. The molecule has 0 radical (unpaired) electrons. The van der Waals surface area contributed by atoms with Crippen molar-refractivity contribution in [2.45, 2.75) is 25.9 Å². The van der Waals surface area contributed by atoms with E-state index in [9.17, 15) is 18.8 Å². The lowest BCUT2D eigenvalue weighted by molar-refractivity contribution is -0.143. The van der Waals surface area contributed by atoms with E-state index in [1.54, 1.807) is 25.1 Å². The molecule has 9 heteroatoms. The molecular formula is C17H23ClFN3O4. The molecule has 1 aliphatic rings. The molecule has 1 fully saturated rings. The van der Waals surface area contributed by atoms with E-state index in [0.29, 0.717) is 18.7 Å². The van der Waals surface area contributed by atoms with Crippen LogP contribution in [0, 0.1) is 5.82 Å². The van der Waals surface area contributed by atoms with Gasteiger partial charge in [0.05, 0.1) is 19.1 Å². The Morgan fingerprint density at radius 2 is 2.12 bits per heavy atom. The molecule has 2 amide bonds. The summed E-state index contributed by atoms with van der Waals surface area (Å²) in [6, 6.07) is 5.59. The van der Waals surface area contributed by atoms with Crippen molar-refractivity contribution in [3.8, 4) is 0 Å². The Balaban J connectivity index is 0.00000338. The third-order valence-electron chi connectivity index (χ3n) is 3.83. The lowest BCUT2D eigenvalue weighted by atomic mass is 10.1. The van der Waals surface area contributed by atoms with Gasteiger partial charge in [0.25, 0.3) is 0 Å². The van der Waals surface area contributed by atoms with Gasteiger partial charge in [0, 0.05) is 25.2 Å². The maximum Gasteiger partial charge on any atom is 0.325 e. The number of halogens is 2. The SMILES string of the molecule is CCOC(=O)CNC(=O)CC1NCCN(Cc2ccccc2F)C1=O.Cl. The van der Waals surface area contributed by atoms with Crippen LogP contribution in [-0.2, 0) is 25.7 Å². The number of piperazine rings is 1. The first-order valence-electron chi connectivity index (χ1n) is 8.19. The fourth-order valence-corrected chi connectivity index (χ4v) is 2.58. The van der Waals surface area contributed by atoms with Gasteiger partial charge in [0.15, 0.2) is 0 Å². The summed E-state index contributed by atoms with van der Waals surface area (Å²) in [5.74, 6) is -1.58. The van der Waals surface area contributed by atoms with Crippen molar-refractivity contribution in [2.75, 3.05) is 26.2 Å². The van der Waals surface area contributed by atoms with E-state index in [1.165, 1.54) is 11.0 Å². The highest BCUT2D eigenvalue weighted by atomic mass is 35.5. The van der Waals surface area contributed by atoms with Crippen molar-refractivity contribution in [2.24, 2.45) is 0 Å². The van der Waals surface area contributed by atoms with E-state index >= 15 is 0 Å². The molecule has 0 aromatic heterocycles. The number of hydrogen-bond acceptors (Lipinski definition) is 5. The van der Waals surface area contributed by atoms with Crippen LogP contribution in [0.25, 0.3) is 0 Å². The number of nitrogens with zero attached hydrogens (tertiary/aromatic N) is 1. The lowest BCUT2D eigenvalue weighted by Gasteiger charge is -2.33. The minimum absolute atomic E-state index is 0. The zero-order valence-electron chi connectivity index (χ0n) is 14.5. The van der Waals surface area contributed by atoms with E-state index in [0.717, 1.165) is 0 Å². The zero-order valence-corrected chi connectivity index (χ0v) is 15.3. The van der Waals surface area contributed by atoms with Gasteiger partial charge in [-0.1, -0.05) is 18.2 Å². The van der Waals surface area contributed by atoms with Crippen LogP contribution in [0.5, 0.6) is 0 Å². The summed E-state index contributed by atoms with van der Waals surface area (Å²) in [6.07, 6.45) is -0.0913. The first kappa shape index (κ1) is 21.9. The summed E-state index contributed by atoms with van der Waals surface area (Å²) < 4.78 is 18.5. The standard InChI is InChI=1S/C17H22FN3O4.ClH/c1-2-25-16(23)10-20-15(22)9-14-17(24)21(8-7-19-14)11-12-5-3-4-6-13(12)18;/h3-6,14,19H,2,7-11H2,1H3,(H,20,22);1H. The van der Waals surface area contributed by atoms with Crippen LogP contribution in [0.2, 0.25) is 0 Å². The van der Waals surface area contributed by atoms with Crippen LogP contribution >= 0.6 is 12.4 Å². The number of ether oxygens (including phenoxy) is 1. The molecule has 2 N–H and O–H groups in total. The van der Waals surface area contributed by atoms with Crippen molar-refractivity contribution in [1.29, 1.82) is 0 Å². The number of benzene rings is 1. The van der Waals surface area contributed by atoms with Crippen LogP contribution in [0.4, 0.5) is 4.39 Å². The van der Waals surface area contributed by atoms with E-state index in [4.69, 9.17) is 4.74 Å². The summed E-state index contributed by atoms with van der Waals surface area (Å²) >= 11 is 0. The van der Waals surface area contributed by atoms with Crippen molar-refractivity contribution >= 4 is 30.2 Å². The number of carbonyl (C=O) groups excluding carboxylic acids is 3. The smallest absolute Gasteiger partial charge is 0.325 e. The molecule has 1 aromatic carbocycles. The Labute approximate surface area is 157 Å². The molecule has 0 spiro atoms. The maximum absolute atomic E-state index is 13.8. The first-order valence-corrected chi connectivity index (χ1v) is 8.19. The molecular weight excluding hydrogens is 365 g/mol. The van der Waals surface area contributed by atoms with Gasteiger partial charge in [-0.3, -0.25) is 14.4 Å². The van der Waals surface area contributed by atoms with Gasteiger partial charge < -0.3 is 20.3 Å². The minimum atomic E-state index is -0.692. The summed E-state index contributed by atoms with van der Waals surface area (Å²) in [6.45, 7) is 2.79. The quantitative estimate of drug-likeness (QED) is 0.670. The van der Waals surface area contributed by atoms with Gasteiger partial charge in [0.1, 0.15) is 12.4 Å². The predicted molar refractivity (Wildman–Crippen MR) is 95.1 cm³/mol. The Morgan fingerprint density at radius 1 is 1.38 bits per heavy atom. The topological polar surface area (TPSA) is 87.7 Å². The number of esters is 1. The van der Waals surface area contributed by atoms with Crippen LogP contribution < -0.4 is 10.6 Å². The summed E-state index contributed by atoms with van der Waals surface area (Å²) in [4.78, 5) is 37.1. The molecule has 26 heavy (non-hydrogen) atoms. The largest absolute Gasteiger partial charge is 0.465 e. The average molecular weight is 388 g/mol. The summed E-state index contributed by atoms with van der Waals surface area (Å²) in [5, 5.41) is 5.41. The number of nitrogens with one attached hydrogen (secondary N) is 2. The first-order chi connectivity index (χ1) is 12.0. The van der Waals surface area contributed by atoms with Gasteiger partial charge >= 0.3 is 5.97 Å². The highest BCUT2D eigenvalue weighted by Gasteiger charge is 2.30. The second-order valence-corrected chi connectivity index (χ2v) is 5.64. The molecule has 1 aliphatic heterocycles. The maximum atomic E-state index is 13.8. The molecule has 7 nitrogen and oxygen atoms in total. The third kappa shape index (κ3) is 6.27. The van der Waals surface area contributed by atoms with E-state index in [2.05, 4.69) is 10.6 Å². The molecule has 1 saturated heterocycles. The molecule has 1 aromatic rings. The van der Waals surface area contributed by atoms with Crippen LogP contribution in [0.1, 0.15) is 18.9 Å². The summed E-state index contributed by atoms with van der Waals surface area (Å²) in [7, 11) is 0. The van der Waals surface area contributed by atoms with Gasteiger partial charge in [-0.15, -0.1) is 12.4 Å². The van der Waals surface area contributed by atoms with E-state index in [1.807, 2.05) is 0 Å². The van der Waals surface area contributed by atoms with Crippen molar-refractivity contribution in [3.63, 3.8) is 0 Å². The van der Waals surface area contributed by atoms with Gasteiger partial charge in [-0.2, -0.15) is 0 Å². The van der Waals surface area contributed by atoms with E-state index < -0.39 is 17.9 Å². The van der Waals surface area contributed by atoms with E-state index in [-0.39, 0.29) is 50.2 Å². The fourth-order valence-electron chi connectivity index (χ4n) is 2.58. The normalized spacial score (nSPS) is 16.6. The molecule has 1 heterocycles. The van der Waals surface area contributed by atoms with Crippen LogP contribution in [-0.4, -0.2) is 55.0 Å². The second-order valence-electron chi connectivity index (χ2n) is 5.64. The number of carbonyl (C=O) groups is 3. The monoisotopic (exact) mass is 387 g/mol. The third-order valence-corrected chi connectivity index (χ3v) is 3.83. The highest BCUT2D eigenvalue weighted by molar-refractivity contribution is 5.90. The fraction of sp³-hybridized carbons (Fsp3) is 0.471. The molecule has 0 saturated carbocycles. The van der Waals surface area contributed by atoms with Gasteiger partial charge in [-0.05, 0) is 13.0 Å². The van der Waals surface area contributed by atoms with Crippen molar-refractivity contribution in [3.05, 3.63) is 35.6 Å². The highest BCUT2D eigenvalue weighted by Crippen LogP contribution is 2.13. The van der Waals surface area contributed by atoms with Crippen molar-refractivity contribution < 1.29 is 23.5 Å². The van der Waals surface area contributed by atoms with Crippen molar-refractivity contribution in [1.82, 2.24) is 15.5 Å². The molecule has 144 valence electrons. The zero-order chi connectivity index (χ0) is 18.2. The number of hydrogen-bond donors (Lipinski definition) is 2. The molecule has 1 unspecified atom stereocenters. The molecule has 1 atom stereocenters. The molecule has 0 bridgehead atoms. The second kappa shape index (κ2) is 10.7. The molecule has 0 aliphatic carbocycles. The molecule has 2 rings (SSSR count). The Hall–Kier alpha value is -2.19. The minimum Gasteiger partial charge on any atom is -0.465 e. The van der Waals surface area contributed by atoms with Crippen LogP contribution in [0.3, 0.4) is 0 Å². The van der Waals surface area contributed by atoms with Gasteiger partial charge in [-0.25, -0.2) is 4.39 Å². The average Bonchev–Trinajstić information content (AvgIpc) is 2.59. The number of rotatable bonds is 7. The van der Waals surface area contributed by atoms with Crippen LogP contribution in [0.15, 0.2) is 24.3 Å². The predicted octanol–water partition coefficient (Wildman–Crippen LogP) is 0.617. The Bertz CT molecular complexity index is 644.